The highest BCUT2D eigenvalue weighted by molar-refractivity contribution is 9.10. The maximum atomic E-state index is 11.7. The number of carbonyl (C=O) groups excluding carboxylic acids is 1. The number of phenols is 2. The van der Waals surface area contributed by atoms with Crippen molar-refractivity contribution in [1.82, 2.24) is 0 Å². The molecule has 4 nitrogen and oxygen atoms in total. The van der Waals surface area contributed by atoms with Crippen LogP contribution >= 0.6 is 15.9 Å². The molecule has 0 saturated carbocycles. The van der Waals surface area contributed by atoms with Gasteiger partial charge in [0.25, 0.3) is 0 Å². The minimum atomic E-state index is -0.278. The lowest BCUT2D eigenvalue weighted by Gasteiger charge is -2.02. The van der Waals surface area contributed by atoms with Gasteiger partial charge in [0.2, 0.25) is 5.91 Å². The van der Waals surface area contributed by atoms with Crippen molar-refractivity contribution in [2.45, 2.75) is 0 Å². The largest absolute Gasteiger partial charge is 0.504 e. The van der Waals surface area contributed by atoms with Crippen LogP contribution < -0.4 is 5.32 Å². The molecule has 102 valence electrons. The number of aromatic hydroxyl groups is 2. The number of hydrogen-bond donors (Lipinski definition) is 3. The van der Waals surface area contributed by atoms with Crippen LogP contribution in [0.3, 0.4) is 0 Å². The average Bonchev–Trinajstić information content (AvgIpc) is 2.43. The van der Waals surface area contributed by atoms with Gasteiger partial charge in [-0.25, -0.2) is 0 Å². The van der Waals surface area contributed by atoms with E-state index in [1.807, 2.05) is 12.1 Å². The zero-order valence-electron chi connectivity index (χ0n) is 10.4. The van der Waals surface area contributed by atoms with Crippen LogP contribution in [0.2, 0.25) is 0 Å². The summed E-state index contributed by atoms with van der Waals surface area (Å²) in [7, 11) is 0. The summed E-state index contributed by atoms with van der Waals surface area (Å²) in [6.07, 6.45) is 2.90. The molecule has 20 heavy (non-hydrogen) atoms. The molecule has 0 aliphatic heterocycles. The van der Waals surface area contributed by atoms with E-state index in [1.54, 1.807) is 24.3 Å². The highest BCUT2D eigenvalue weighted by Crippen LogP contribution is 2.25. The number of anilines is 1. The molecule has 0 fully saturated rings. The van der Waals surface area contributed by atoms with Crippen LogP contribution in [0.5, 0.6) is 11.5 Å². The summed E-state index contributed by atoms with van der Waals surface area (Å²) in [6, 6.07) is 11.6. The first kappa shape index (κ1) is 14.1. The van der Waals surface area contributed by atoms with Crippen molar-refractivity contribution in [1.29, 1.82) is 0 Å². The Morgan fingerprint density at radius 3 is 2.40 bits per heavy atom. The molecule has 0 heterocycles. The number of phenolic OH excluding ortho intramolecular Hbond substituents is 2. The molecule has 3 N–H and O–H groups in total. The number of hydrogen-bond acceptors (Lipinski definition) is 3. The summed E-state index contributed by atoms with van der Waals surface area (Å²) in [4.78, 5) is 11.7. The standard InChI is InChI=1S/C15H12BrNO3/c16-11-3-5-12(6-4-11)17-15(20)8-2-10-1-7-13(18)14(19)9-10/h1-9,18-19H,(H,17,20)/b8-2+. The molecule has 0 unspecified atom stereocenters. The highest BCUT2D eigenvalue weighted by Gasteiger charge is 2.00. The normalized spacial score (nSPS) is 10.7. The smallest absolute Gasteiger partial charge is 0.248 e. The zero-order valence-corrected chi connectivity index (χ0v) is 12.0. The van der Waals surface area contributed by atoms with Crippen molar-refractivity contribution in [3.8, 4) is 11.5 Å². The van der Waals surface area contributed by atoms with Gasteiger partial charge in [-0.15, -0.1) is 0 Å². The van der Waals surface area contributed by atoms with Gasteiger partial charge in [0.05, 0.1) is 0 Å². The van der Waals surface area contributed by atoms with Gasteiger partial charge in [-0.1, -0.05) is 22.0 Å². The van der Waals surface area contributed by atoms with E-state index in [-0.39, 0.29) is 17.4 Å². The SMILES string of the molecule is O=C(/C=C/c1ccc(O)c(O)c1)Nc1ccc(Br)cc1. The fourth-order valence-corrected chi connectivity index (χ4v) is 1.80. The molecular formula is C15H12BrNO3. The van der Waals surface area contributed by atoms with Crippen molar-refractivity contribution in [2.24, 2.45) is 0 Å². The molecule has 0 radical (unpaired) electrons. The number of nitrogens with one attached hydrogen (secondary N) is 1. The lowest BCUT2D eigenvalue weighted by Crippen LogP contribution is -2.07. The van der Waals surface area contributed by atoms with Gasteiger partial charge in [-0.05, 0) is 48.0 Å². The molecule has 0 aromatic heterocycles. The van der Waals surface area contributed by atoms with E-state index >= 15 is 0 Å². The predicted molar refractivity (Wildman–Crippen MR) is 81.6 cm³/mol. The molecule has 1 amide bonds. The monoisotopic (exact) mass is 333 g/mol. The highest BCUT2D eigenvalue weighted by atomic mass is 79.9. The van der Waals surface area contributed by atoms with E-state index in [9.17, 15) is 15.0 Å². The second-order valence-electron chi connectivity index (χ2n) is 4.08. The first-order valence-corrected chi connectivity index (χ1v) is 6.60. The zero-order chi connectivity index (χ0) is 14.5. The van der Waals surface area contributed by atoms with Gasteiger partial charge in [0.1, 0.15) is 0 Å². The minimum Gasteiger partial charge on any atom is -0.504 e. The Balaban J connectivity index is 2.01. The molecule has 0 aliphatic carbocycles. The van der Waals surface area contributed by atoms with Crippen LogP contribution in [0.4, 0.5) is 5.69 Å². The Morgan fingerprint density at radius 2 is 1.75 bits per heavy atom. The van der Waals surface area contributed by atoms with Crippen LogP contribution in [0, 0.1) is 0 Å². The molecule has 2 aromatic carbocycles. The first-order chi connectivity index (χ1) is 9.54. The first-order valence-electron chi connectivity index (χ1n) is 5.81. The fraction of sp³-hybridized carbons (Fsp3) is 0. The quantitative estimate of drug-likeness (QED) is 0.594. The molecule has 0 saturated heterocycles. The van der Waals surface area contributed by atoms with Crippen LogP contribution in [-0.4, -0.2) is 16.1 Å². The average molecular weight is 334 g/mol. The third-order valence-electron chi connectivity index (χ3n) is 2.54. The maximum Gasteiger partial charge on any atom is 0.248 e. The molecule has 0 bridgehead atoms. The van der Waals surface area contributed by atoms with Crippen molar-refractivity contribution < 1.29 is 15.0 Å². The molecule has 5 heteroatoms. The van der Waals surface area contributed by atoms with Crippen molar-refractivity contribution in [3.63, 3.8) is 0 Å². The molecule has 2 aromatic rings. The summed E-state index contributed by atoms with van der Waals surface area (Å²) in [5.41, 5.74) is 1.31. The number of rotatable bonds is 3. The Morgan fingerprint density at radius 1 is 1.05 bits per heavy atom. The molecule has 0 aliphatic rings. The Hall–Kier alpha value is -2.27. The van der Waals surface area contributed by atoms with Crippen molar-refractivity contribution in [2.75, 3.05) is 5.32 Å². The number of carbonyl (C=O) groups is 1. The summed E-state index contributed by atoms with van der Waals surface area (Å²) in [5, 5.41) is 21.2. The number of benzene rings is 2. The van der Waals surface area contributed by atoms with Gasteiger partial charge >= 0.3 is 0 Å². The third kappa shape index (κ3) is 3.86. The summed E-state index contributed by atoms with van der Waals surface area (Å²) >= 11 is 3.31. The van der Waals surface area contributed by atoms with E-state index in [2.05, 4.69) is 21.2 Å². The number of amides is 1. The van der Waals surface area contributed by atoms with Crippen LogP contribution in [0.25, 0.3) is 6.08 Å². The van der Waals surface area contributed by atoms with Crippen LogP contribution in [0.1, 0.15) is 5.56 Å². The predicted octanol–water partition coefficient (Wildman–Crippen LogP) is 3.51. The molecule has 0 spiro atoms. The second-order valence-corrected chi connectivity index (χ2v) is 4.99. The van der Waals surface area contributed by atoms with Crippen LogP contribution in [-0.2, 0) is 4.79 Å². The third-order valence-corrected chi connectivity index (χ3v) is 3.07. The molecule has 2 rings (SSSR count). The second kappa shape index (κ2) is 6.25. The summed E-state index contributed by atoms with van der Waals surface area (Å²) < 4.78 is 0.936. The van der Waals surface area contributed by atoms with Gasteiger partial charge in [0, 0.05) is 16.2 Å². The van der Waals surface area contributed by atoms with E-state index in [0.717, 1.165) is 4.47 Å². The van der Waals surface area contributed by atoms with Crippen molar-refractivity contribution in [3.05, 3.63) is 58.6 Å². The van der Waals surface area contributed by atoms with Crippen molar-refractivity contribution >= 4 is 33.6 Å². The summed E-state index contributed by atoms with van der Waals surface area (Å²) in [6.45, 7) is 0. The number of halogens is 1. The van der Waals surface area contributed by atoms with E-state index in [0.29, 0.717) is 11.3 Å². The molecular weight excluding hydrogens is 322 g/mol. The van der Waals surface area contributed by atoms with Crippen LogP contribution in [0.15, 0.2) is 53.0 Å². The maximum absolute atomic E-state index is 11.7. The van der Waals surface area contributed by atoms with Gasteiger partial charge in [-0.3, -0.25) is 4.79 Å². The fourth-order valence-electron chi connectivity index (χ4n) is 1.53. The molecule has 0 atom stereocenters. The lowest BCUT2D eigenvalue weighted by atomic mass is 10.2. The van der Waals surface area contributed by atoms with E-state index < -0.39 is 0 Å². The lowest BCUT2D eigenvalue weighted by molar-refractivity contribution is -0.111. The minimum absolute atomic E-state index is 0.193. The summed E-state index contributed by atoms with van der Waals surface area (Å²) in [5.74, 6) is -0.693. The van der Waals surface area contributed by atoms with Gasteiger partial charge in [-0.2, -0.15) is 0 Å². The Labute approximate surface area is 124 Å². The van der Waals surface area contributed by atoms with E-state index in [1.165, 1.54) is 18.2 Å². The van der Waals surface area contributed by atoms with Gasteiger partial charge in [0.15, 0.2) is 11.5 Å². The Kier molecular flexibility index (Phi) is 4.42. The Bertz CT molecular complexity index is 651. The van der Waals surface area contributed by atoms with Gasteiger partial charge < -0.3 is 15.5 Å². The van der Waals surface area contributed by atoms with E-state index in [4.69, 9.17) is 0 Å². The topological polar surface area (TPSA) is 69.6 Å².